The molecule has 1 N–H and O–H groups in total. The van der Waals surface area contributed by atoms with Crippen LogP contribution >= 0.6 is 7.49 Å². The van der Waals surface area contributed by atoms with Crippen LogP contribution < -0.4 is 15.9 Å². The number of hydrogen-bond acceptors (Lipinski definition) is 1. The summed E-state index contributed by atoms with van der Waals surface area (Å²) < 4.78 is 2.48. The molecule has 252 valence electrons. The Morgan fingerprint density at radius 2 is 1.02 bits per heavy atom. The van der Waals surface area contributed by atoms with Crippen LogP contribution in [0.2, 0.25) is 0 Å². The molecule has 0 radical (unpaired) electrons. The van der Waals surface area contributed by atoms with Crippen LogP contribution in [0.15, 0.2) is 194 Å². The van der Waals surface area contributed by atoms with Gasteiger partial charge in [0, 0.05) is 21.9 Å². The lowest BCUT2D eigenvalue weighted by molar-refractivity contribution is 0.626. The van der Waals surface area contributed by atoms with E-state index in [9.17, 15) is 4.89 Å². The molecule has 0 saturated carbocycles. The van der Waals surface area contributed by atoms with Crippen LogP contribution in [-0.2, 0) is 5.41 Å². The number of benzene rings is 9. The van der Waals surface area contributed by atoms with Crippen molar-refractivity contribution in [3.05, 3.63) is 216 Å². The first-order valence-corrected chi connectivity index (χ1v) is 20.4. The van der Waals surface area contributed by atoms with Crippen LogP contribution in [0.4, 0.5) is 0 Å². The van der Waals surface area contributed by atoms with Crippen LogP contribution in [-0.4, -0.2) is 9.46 Å². The van der Waals surface area contributed by atoms with Crippen molar-refractivity contribution in [1.29, 1.82) is 0 Å². The summed E-state index contributed by atoms with van der Waals surface area (Å²) >= 11 is 0. The maximum Gasteiger partial charge on any atom is 0.239 e. The molecule has 54 heavy (non-hydrogen) atoms. The molecule has 12 rings (SSSR count). The first kappa shape index (κ1) is 30.2. The third-order valence-corrected chi connectivity index (χ3v) is 15.5. The van der Waals surface area contributed by atoms with Gasteiger partial charge in [0.05, 0.1) is 22.1 Å². The molecule has 0 fully saturated rings. The SMILES string of the molecule is O[P+]1(c2ccccc2)c2ccccc2C2(c3ccccc3-n3c4ccccc4c4cccc2c43)c2cc(-c3ccc4ccc5ccccc5c4c3)ccc21. The van der Waals surface area contributed by atoms with Gasteiger partial charge in [0.1, 0.15) is 15.9 Å². The van der Waals surface area contributed by atoms with Crippen molar-refractivity contribution in [2.45, 2.75) is 5.41 Å². The van der Waals surface area contributed by atoms with Crippen molar-refractivity contribution in [3.63, 3.8) is 0 Å². The molecule has 2 nitrogen and oxygen atoms in total. The molecule has 2 unspecified atom stereocenters. The quantitative estimate of drug-likeness (QED) is 0.141. The molecular formula is C51H33NOP+. The van der Waals surface area contributed by atoms with Gasteiger partial charge in [-0.1, -0.05) is 146 Å². The zero-order valence-electron chi connectivity index (χ0n) is 29.3. The third-order valence-electron chi connectivity index (χ3n) is 12.3. The standard InChI is InChI=1S/C51H33NOP/c53-54(37-14-2-1-3-15-37)48-24-11-8-20-43(48)51(42-19-7-10-23-47(42)52-46-22-9-6-17-39(46)40-18-12-21-44(51)50(40)52)45-32-36(29-30-49(45)54)35-28-27-34-26-25-33-13-4-5-16-38(33)41(34)31-35/h1-32,53H/q+1. The number of fused-ring (bicyclic) bond motifs is 14. The van der Waals surface area contributed by atoms with E-state index >= 15 is 0 Å². The molecular weight excluding hydrogens is 674 g/mol. The highest BCUT2D eigenvalue weighted by molar-refractivity contribution is 7.91. The van der Waals surface area contributed by atoms with Gasteiger partial charge in [-0.05, 0) is 92.3 Å². The van der Waals surface area contributed by atoms with Crippen molar-refractivity contribution in [3.8, 4) is 16.8 Å². The van der Waals surface area contributed by atoms with E-state index in [2.05, 4.69) is 193 Å². The third kappa shape index (κ3) is 3.72. The Kier molecular flexibility index (Phi) is 6.08. The Morgan fingerprint density at radius 3 is 1.91 bits per heavy atom. The second-order valence-corrected chi connectivity index (χ2v) is 17.5. The Balaban J connectivity index is 1.26. The maximum atomic E-state index is 13.6. The zero-order valence-corrected chi connectivity index (χ0v) is 30.2. The molecule has 1 spiro atoms. The molecule has 2 aliphatic heterocycles. The van der Waals surface area contributed by atoms with Crippen LogP contribution in [0, 0.1) is 0 Å². The van der Waals surface area contributed by atoms with Crippen LogP contribution in [0.5, 0.6) is 0 Å². The highest BCUT2D eigenvalue weighted by Crippen LogP contribution is 2.64. The van der Waals surface area contributed by atoms with Gasteiger partial charge in [-0.15, -0.1) is 0 Å². The van der Waals surface area contributed by atoms with E-state index in [1.807, 2.05) is 6.07 Å². The van der Waals surface area contributed by atoms with Crippen LogP contribution in [0.1, 0.15) is 22.3 Å². The Hall–Kier alpha value is -6.31. The first-order chi connectivity index (χ1) is 26.7. The van der Waals surface area contributed by atoms with Gasteiger partial charge in [0.2, 0.25) is 7.49 Å². The Labute approximate surface area is 313 Å². The fourth-order valence-corrected chi connectivity index (χ4v) is 13.2. The number of rotatable bonds is 2. The van der Waals surface area contributed by atoms with E-state index in [4.69, 9.17) is 0 Å². The lowest BCUT2D eigenvalue weighted by atomic mass is 9.62. The van der Waals surface area contributed by atoms with Crippen molar-refractivity contribution in [2.75, 3.05) is 0 Å². The minimum atomic E-state index is -3.08. The average Bonchev–Trinajstić information content (AvgIpc) is 3.59. The summed E-state index contributed by atoms with van der Waals surface area (Å²) in [4.78, 5) is 13.6. The molecule has 0 saturated heterocycles. The zero-order chi connectivity index (χ0) is 35.6. The van der Waals surface area contributed by atoms with Gasteiger partial charge in [0.25, 0.3) is 0 Å². The van der Waals surface area contributed by atoms with E-state index in [-0.39, 0.29) is 0 Å². The van der Waals surface area contributed by atoms with Crippen LogP contribution in [0.25, 0.3) is 60.2 Å². The smallest absolute Gasteiger partial charge is 0.239 e. The highest BCUT2D eigenvalue weighted by Gasteiger charge is 2.60. The molecule has 3 heterocycles. The molecule has 0 amide bonds. The molecule has 2 aliphatic rings. The largest absolute Gasteiger partial charge is 0.309 e. The summed E-state index contributed by atoms with van der Waals surface area (Å²) in [6.07, 6.45) is 0. The number of nitrogens with zero attached hydrogens (tertiary/aromatic N) is 1. The number of aromatic nitrogens is 1. The first-order valence-electron chi connectivity index (χ1n) is 18.6. The summed E-state index contributed by atoms with van der Waals surface area (Å²) in [5, 5.41) is 10.5. The van der Waals surface area contributed by atoms with E-state index in [0.717, 1.165) is 38.2 Å². The van der Waals surface area contributed by atoms with Gasteiger partial charge in [-0.25, -0.2) is 4.89 Å². The Bertz CT molecular complexity index is 3200. The topological polar surface area (TPSA) is 25.2 Å². The van der Waals surface area contributed by atoms with Gasteiger partial charge >= 0.3 is 0 Å². The fourth-order valence-electron chi connectivity index (χ4n) is 10.0. The van der Waals surface area contributed by atoms with Crippen molar-refractivity contribution in [2.24, 2.45) is 0 Å². The van der Waals surface area contributed by atoms with Crippen molar-refractivity contribution >= 4 is 66.8 Å². The normalized spacial score (nSPS) is 18.2. The summed E-state index contributed by atoms with van der Waals surface area (Å²) in [7, 11) is -3.08. The monoisotopic (exact) mass is 706 g/mol. The molecule has 9 aromatic carbocycles. The van der Waals surface area contributed by atoms with Gasteiger partial charge in [0.15, 0.2) is 0 Å². The fraction of sp³-hybridized carbons (Fsp3) is 0.0196. The predicted octanol–water partition coefficient (Wildman–Crippen LogP) is 11.0. The van der Waals surface area contributed by atoms with Gasteiger partial charge < -0.3 is 4.57 Å². The minimum Gasteiger partial charge on any atom is -0.309 e. The summed E-state index contributed by atoms with van der Waals surface area (Å²) in [5.41, 5.74) is 9.96. The molecule has 10 aromatic rings. The molecule has 1 aromatic heterocycles. The lowest BCUT2D eigenvalue weighted by Gasteiger charge is -2.46. The van der Waals surface area contributed by atoms with Crippen molar-refractivity contribution < 1.29 is 4.89 Å². The number of para-hydroxylation sites is 3. The number of hydrogen-bond donors (Lipinski definition) is 1. The molecule has 0 aliphatic carbocycles. The molecule has 2 atom stereocenters. The average molecular weight is 707 g/mol. The van der Waals surface area contributed by atoms with E-state index in [0.29, 0.717) is 0 Å². The maximum absolute atomic E-state index is 13.6. The summed E-state index contributed by atoms with van der Waals surface area (Å²) in [5.74, 6) is 0. The summed E-state index contributed by atoms with van der Waals surface area (Å²) in [6, 6.07) is 70.6. The summed E-state index contributed by atoms with van der Waals surface area (Å²) in [6.45, 7) is 0. The van der Waals surface area contributed by atoms with E-state index in [1.54, 1.807) is 0 Å². The van der Waals surface area contributed by atoms with Gasteiger partial charge in [-0.2, -0.15) is 0 Å². The molecule has 3 heteroatoms. The second kappa shape index (κ2) is 10.9. The van der Waals surface area contributed by atoms with Gasteiger partial charge in [-0.3, -0.25) is 0 Å². The van der Waals surface area contributed by atoms with Crippen LogP contribution in [0.3, 0.4) is 0 Å². The predicted molar refractivity (Wildman–Crippen MR) is 228 cm³/mol. The lowest BCUT2D eigenvalue weighted by Crippen LogP contribution is -2.50. The van der Waals surface area contributed by atoms with E-state index < -0.39 is 12.9 Å². The second-order valence-electron chi connectivity index (χ2n) is 14.8. The van der Waals surface area contributed by atoms with E-state index in [1.165, 1.54) is 60.2 Å². The highest BCUT2D eigenvalue weighted by atomic mass is 31.2. The molecule has 0 bridgehead atoms. The Morgan fingerprint density at radius 1 is 0.407 bits per heavy atom. The van der Waals surface area contributed by atoms with Crippen molar-refractivity contribution in [1.82, 2.24) is 4.57 Å². The minimum absolute atomic E-state index is 0.701.